The highest BCUT2D eigenvalue weighted by Crippen LogP contribution is 2.18. The lowest BCUT2D eigenvalue weighted by atomic mass is 10.1. The first-order valence-electron chi connectivity index (χ1n) is 9.72. The molecule has 0 amide bonds. The summed E-state index contributed by atoms with van der Waals surface area (Å²) in [5, 5.41) is 16.5. The van der Waals surface area contributed by atoms with Crippen LogP contribution in [0.1, 0.15) is 40.9 Å². The summed E-state index contributed by atoms with van der Waals surface area (Å²) in [6.45, 7) is 1.86. The molecule has 3 rings (SSSR count). The fourth-order valence-electron chi connectivity index (χ4n) is 3.26. The molecule has 0 fully saturated rings. The van der Waals surface area contributed by atoms with Gasteiger partial charge in [0.15, 0.2) is 0 Å². The van der Waals surface area contributed by atoms with Crippen molar-refractivity contribution in [3.05, 3.63) is 77.5 Å². The maximum atomic E-state index is 10.9. The molecule has 0 saturated heterocycles. The maximum Gasteiger partial charge on any atom is 0.335 e. The molecule has 0 saturated carbocycles. The highest BCUT2D eigenvalue weighted by atomic mass is 16.4. The third-order valence-electron chi connectivity index (χ3n) is 4.84. The zero-order valence-electron chi connectivity index (χ0n) is 16.3. The molecule has 0 aliphatic heterocycles. The standard InChI is InChI=1S/C23H27N3O2/c1-26(17-18-11-13-20(14-12-18)23(27)28)15-7-3-6-10-21-16-22(25-24-21)19-8-4-2-5-9-19/h2,4-5,8-9,11-14,16H,3,6-7,10,15,17H2,1H3,(H,24,25)(H,27,28). The molecule has 5 heteroatoms. The molecule has 1 heterocycles. The Morgan fingerprint density at radius 3 is 2.50 bits per heavy atom. The minimum absolute atomic E-state index is 0.334. The van der Waals surface area contributed by atoms with E-state index in [2.05, 4.69) is 40.3 Å². The second kappa shape index (κ2) is 9.85. The fourth-order valence-corrected chi connectivity index (χ4v) is 3.26. The predicted molar refractivity (Wildman–Crippen MR) is 111 cm³/mol. The smallest absolute Gasteiger partial charge is 0.335 e. The molecule has 3 aromatic rings. The lowest BCUT2D eigenvalue weighted by Gasteiger charge is -2.16. The van der Waals surface area contributed by atoms with Crippen LogP contribution in [0.2, 0.25) is 0 Å². The normalized spacial score (nSPS) is 11.1. The number of carboxylic acids is 1. The van der Waals surface area contributed by atoms with E-state index in [9.17, 15) is 4.79 Å². The minimum Gasteiger partial charge on any atom is -0.478 e. The monoisotopic (exact) mass is 377 g/mol. The zero-order valence-corrected chi connectivity index (χ0v) is 16.3. The van der Waals surface area contributed by atoms with Crippen LogP contribution in [0, 0.1) is 0 Å². The fraction of sp³-hybridized carbons (Fsp3) is 0.304. The Balaban J connectivity index is 1.34. The van der Waals surface area contributed by atoms with Crippen LogP contribution in [-0.4, -0.2) is 39.8 Å². The molecule has 2 N–H and O–H groups in total. The number of rotatable bonds is 10. The molecule has 5 nitrogen and oxygen atoms in total. The molecule has 0 bridgehead atoms. The van der Waals surface area contributed by atoms with Crippen molar-refractivity contribution in [1.82, 2.24) is 15.1 Å². The summed E-state index contributed by atoms with van der Waals surface area (Å²) in [5.74, 6) is -0.881. The van der Waals surface area contributed by atoms with E-state index in [1.54, 1.807) is 12.1 Å². The van der Waals surface area contributed by atoms with Crippen molar-refractivity contribution < 1.29 is 9.90 Å². The van der Waals surface area contributed by atoms with E-state index in [1.165, 1.54) is 12.1 Å². The summed E-state index contributed by atoms with van der Waals surface area (Å²) in [4.78, 5) is 13.2. The van der Waals surface area contributed by atoms with Gasteiger partial charge in [-0.3, -0.25) is 5.10 Å². The van der Waals surface area contributed by atoms with Crippen molar-refractivity contribution in [3.8, 4) is 11.3 Å². The van der Waals surface area contributed by atoms with E-state index >= 15 is 0 Å². The zero-order chi connectivity index (χ0) is 19.8. The summed E-state index contributed by atoms with van der Waals surface area (Å²) in [6.07, 6.45) is 4.46. The van der Waals surface area contributed by atoms with Gasteiger partial charge in [0.2, 0.25) is 0 Å². The first-order chi connectivity index (χ1) is 13.6. The average molecular weight is 377 g/mol. The maximum absolute atomic E-state index is 10.9. The van der Waals surface area contributed by atoms with Crippen molar-refractivity contribution in [1.29, 1.82) is 0 Å². The van der Waals surface area contributed by atoms with E-state index in [-0.39, 0.29) is 0 Å². The van der Waals surface area contributed by atoms with Crippen LogP contribution in [0.15, 0.2) is 60.7 Å². The Morgan fingerprint density at radius 1 is 1.04 bits per heavy atom. The lowest BCUT2D eigenvalue weighted by molar-refractivity contribution is 0.0697. The third kappa shape index (κ3) is 5.79. The van der Waals surface area contributed by atoms with Crippen LogP contribution < -0.4 is 0 Å². The van der Waals surface area contributed by atoms with E-state index in [4.69, 9.17) is 5.11 Å². The number of aromatic nitrogens is 2. The quantitative estimate of drug-likeness (QED) is 0.506. The molecule has 0 aliphatic rings. The third-order valence-corrected chi connectivity index (χ3v) is 4.84. The van der Waals surface area contributed by atoms with Crippen molar-refractivity contribution >= 4 is 5.97 Å². The van der Waals surface area contributed by atoms with Crippen LogP contribution in [-0.2, 0) is 13.0 Å². The molecule has 1 aromatic heterocycles. The van der Waals surface area contributed by atoms with Gasteiger partial charge >= 0.3 is 5.97 Å². The number of nitrogens with zero attached hydrogens (tertiary/aromatic N) is 2. The number of unbranched alkanes of at least 4 members (excludes halogenated alkanes) is 2. The van der Waals surface area contributed by atoms with Gasteiger partial charge in [-0.15, -0.1) is 0 Å². The molecule has 2 aromatic carbocycles. The van der Waals surface area contributed by atoms with E-state index < -0.39 is 5.97 Å². The van der Waals surface area contributed by atoms with E-state index in [0.717, 1.165) is 49.2 Å². The Kier molecular flexibility index (Phi) is 6.98. The number of H-pyrrole nitrogens is 1. The largest absolute Gasteiger partial charge is 0.478 e. The summed E-state index contributed by atoms with van der Waals surface area (Å²) >= 11 is 0. The van der Waals surface area contributed by atoms with Crippen molar-refractivity contribution in [2.45, 2.75) is 32.2 Å². The SMILES string of the molecule is CN(CCCCCc1cc(-c2ccccc2)n[nH]1)Cc1ccc(C(=O)O)cc1. The first-order valence-corrected chi connectivity index (χ1v) is 9.72. The molecular weight excluding hydrogens is 350 g/mol. The summed E-state index contributed by atoms with van der Waals surface area (Å²) in [6, 6.07) is 19.5. The molecule has 0 aliphatic carbocycles. The van der Waals surface area contributed by atoms with Crippen LogP contribution in [0.25, 0.3) is 11.3 Å². The van der Waals surface area contributed by atoms with E-state index in [1.807, 2.05) is 30.3 Å². The molecule has 146 valence electrons. The number of aromatic carboxylic acids is 1. The number of carboxylic acid groups (broad SMARTS) is 1. The Morgan fingerprint density at radius 2 is 1.79 bits per heavy atom. The van der Waals surface area contributed by atoms with Crippen molar-refractivity contribution in [3.63, 3.8) is 0 Å². The number of benzene rings is 2. The van der Waals surface area contributed by atoms with Gasteiger partial charge < -0.3 is 10.0 Å². The number of nitrogens with one attached hydrogen (secondary N) is 1. The summed E-state index contributed by atoms with van der Waals surface area (Å²) in [5.41, 5.74) is 4.80. The Hall–Kier alpha value is -2.92. The number of hydrogen-bond donors (Lipinski definition) is 2. The second-order valence-electron chi connectivity index (χ2n) is 7.19. The second-order valence-corrected chi connectivity index (χ2v) is 7.19. The Bertz CT molecular complexity index is 872. The summed E-state index contributed by atoms with van der Waals surface area (Å²) < 4.78 is 0. The lowest BCUT2D eigenvalue weighted by Crippen LogP contribution is -2.19. The van der Waals surface area contributed by atoms with Gasteiger partial charge in [0.25, 0.3) is 0 Å². The number of aryl methyl sites for hydroxylation is 1. The minimum atomic E-state index is -0.881. The first kappa shape index (κ1) is 19.8. The highest BCUT2D eigenvalue weighted by molar-refractivity contribution is 5.87. The van der Waals surface area contributed by atoms with Gasteiger partial charge in [0.1, 0.15) is 0 Å². The van der Waals surface area contributed by atoms with Crippen LogP contribution >= 0.6 is 0 Å². The molecule has 0 spiro atoms. The number of hydrogen-bond acceptors (Lipinski definition) is 3. The predicted octanol–water partition coefficient (Wildman–Crippen LogP) is 4.62. The number of aromatic amines is 1. The molecule has 0 radical (unpaired) electrons. The van der Waals surface area contributed by atoms with Crippen LogP contribution in [0.5, 0.6) is 0 Å². The average Bonchev–Trinajstić information content (AvgIpc) is 3.18. The molecule has 0 atom stereocenters. The van der Waals surface area contributed by atoms with Crippen molar-refractivity contribution in [2.75, 3.05) is 13.6 Å². The van der Waals surface area contributed by atoms with Gasteiger partial charge in [-0.1, -0.05) is 48.9 Å². The molecule has 28 heavy (non-hydrogen) atoms. The molecule has 0 unspecified atom stereocenters. The van der Waals surface area contributed by atoms with E-state index in [0.29, 0.717) is 5.56 Å². The Labute approximate surface area is 166 Å². The van der Waals surface area contributed by atoms with Crippen molar-refractivity contribution in [2.24, 2.45) is 0 Å². The molecular formula is C23H27N3O2. The van der Waals surface area contributed by atoms with Gasteiger partial charge in [-0.25, -0.2) is 4.79 Å². The number of carbonyl (C=O) groups is 1. The van der Waals surface area contributed by atoms with Gasteiger partial charge in [-0.2, -0.15) is 5.10 Å². The van der Waals surface area contributed by atoms with Crippen LogP contribution in [0.4, 0.5) is 0 Å². The highest BCUT2D eigenvalue weighted by Gasteiger charge is 2.05. The topological polar surface area (TPSA) is 69.2 Å². The van der Waals surface area contributed by atoms with Crippen LogP contribution in [0.3, 0.4) is 0 Å². The van der Waals surface area contributed by atoms with Gasteiger partial charge in [0.05, 0.1) is 11.3 Å². The van der Waals surface area contributed by atoms with Gasteiger partial charge in [-0.05, 0) is 56.6 Å². The van der Waals surface area contributed by atoms with Gasteiger partial charge in [0, 0.05) is 17.8 Å². The summed E-state index contributed by atoms with van der Waals surface area (Å²) in [7, 11) is 2.10.